The van der Waals surface area contributed by atoms with Crippen LogP contribution in [-0.4, -0.2) is 27.2 Å². The van der Waals surface area contributed by atoms with Gasteiger partial charge in [0.2, 0.25) is 5.91 Å². The molecule has 4 aromatic rings. The van der Waals surface area contributed by atoms with Crippen molar-refractivity contribution >= 4 is 39.3 Å². The van der Waals surface area contributed by atoms with Crippen molar-refractivity contribution in [3.63, 3.8) is 0 Å². The molecule has 33 heavy (non-hydrogen) atoms. The maximum Gasteiger partial charge on any atom is 0.264 e. The van der Waals surface area contributed by atoms with Crippen LogP contribution in [0.3, 0.4) is 0 Å². The second-order valence-electron chi connectivity index (χ2n) is 8.80. The fourth-order valence-corrected chi connectivity index (χ4v) is 5.29. The summed E-state index contributed by atoms with van der Waals surface area (Å²) in [4.78, 5) is 30.0. The van der Waals surface area contributed by atoms with Gasteiger partial charge in [-0.3, -0.25) is 14.6 Å². The predicted molar refractivity (Wildman–Crippen MR) is 127 cm³/mol. The zero-order valence-corrected chi connectivity index (χ0v) is 19.1. The van der Waals surface area contributed by atoms with Crippen LogP contribution in [0.15, 0.2) is 52.0 Å². The summed E-state index contributed by atoms with van der Waals surface area (Å²) in [7, 11) is 0. The summed E-state index contributed by atoms with van der Waals surface area (Å²) in [5, 5.41) is 8.98. The topological polar surface area (TPSA) is 90.0 Å². The van der Waals surface area contributed by atoms with Gasteiger partial charge >= 0.3 is 0 Å². The lowest BCUT2D eigenvalue weighted by Gasteiger charge is -2.31. The van der Waals surface area contributed by atoms with E-state index in [9.17, 15) is 9.59 Å². The minimum absolute atomic E-state index is 0.0129. The van der Waals surface area contributed by atoms with Crippen molar-refractivity contribution in [3.05, 3.63) is 69.4 Å². The summed E-state index contributed by atoms with van der Waals surface area (Å²) in [5.41, 5.74) is 2.09. The van der Waals surface area contributed by atoms with Crippen molar-refractivity contribution in [2.45, 2.75) is 45.1 Å². The summed E-state index contributed by atoms with van der Waals surface area (Å²) in [6.07, 6.45) is 7.44. The van der Waals surface area contributed by atoms with Crippen LogP contribution in [0.5, 0.6) is 0 Å². The number of nitrogens with zero attached hydrogens (tertiary/aromatic N) is 3. The number of aromatic nitrogens is 3. The molecule has 0 spiro atoms. The number of halogens is 1. The Morgan fingerprint density at radius 1 is 1.24 bits per heavy atom. The van der Waals surface area contributed by atoms with Gasteiger partial charge in [0.25, 0.3) is 5.56 Å². The highest BCUT2D eigenvalue weighted by Gasteiger charge is 2.28. The molecule has 3 heterocycles. The zero-order valence-electron chi connectivity index (χ0n) is 18.4. The van der Waals surface area contributed by atoms with Gasteiger partial charge in [-0.05, 0) is 55.9 Å². The number of amides is 1. The SMILES string of the molecule is Cc1onc2c1c(=O)n(C1CCCC(CNC(=O)Cc3cccnc3)C1)c1cccc(Cl)c21. The number of hydrogen-bond donors (Lipinski definition) is 1. The first-order chi connectivity index (χ1) is 16.0. The molecule has 5 rings (SSSR count). The van der Waals surface area contributed by atoms with E-state index in [4.69, 9.17) is 16.1 Å². The summed E-state index contributed by atoms with van der Waals surface area (Å²) >= 11 is 6.54. The Bertz CT molecular complexity index is 1380. The van der Waals surface area contributed by atoms with Crippen molar-refractivity contribution < 1.29 is 9.32 Å². The molecule has 2 atom stereocenters. The van der Waals surface area contributed by atoms with Gasteiger partial charge in [0.05, 0.1) is 17.0 Å². The Hall–Kier alpha value is -3.19. The number of rotatable bonds is 5. The van der Waals surface area contributed by atoms with E-state index in [0.29, 0.717) is 40.6 Å². The van der Waals surface area contributed by atoms with Gasteiger partial charge in [-0.15, -0.1) is 0 Å². The molecule has 0 radical (unpaired) electrons. The first-order valence-electron chi connectivity index (χ1n) is 11.3. The van der Waals surface area contributed by atoms with E-state index in [2.05, 4.69) is 15.5 Å². The van der Waals surface area contributed by atoms with Gasteiger partial charge in [0, 0.05) is 30.4 Å². The second-order valence-corrected chi connectivity index (χ2v) is 9.21. The van der Waals surface area contributed by atoms with Crippen LogP contribution in [0.25, 0.3) is 21.8 Å². The van der Waals surface area contributed by atoms with Crippen molar-refractivity contribution in [1.82, 2.24) is 20.0 Å². The zero-order chi connectivity index (χ0) is 22.9. The average Bonchev–Trinajstić information content (AvgIpc) is 3.20. The van der Waals surface area contributed by atoms with Gasteiger partial charge in [-0.1, -0.05) is 35.3 Å². The summed E-state index contributed by atoms with van der Waals surface area (Å²) in [6.45, 7) is 2.35. The highest BCUT2D eigenvalue weighted by Crippen LogP contribution is 2.36. The molecule has 0 aliphatic heterocycles. The minimum Gasteiger partial charge on any atom is -0.360 e. The van der Waals surface area contributed by atoms with E-state index in [1.807, 2.05) is 34.9 Å². The third-order valence-electron chi connectivity index (χ3n) is 6.58. The maximum absolute atomic E-state index is 13.6. The fourth-order valence-electron chi connectivity index (χ4n) is 5.03. The molecule has 1 aromatic carbocycles. The van der Waals surface area contributed by atoms with Gasteiger partial charge in [0.1, 0.15) is 16.7 Å². The number of hydrogen-bond acceptors (Lipinski definition) is 5. The largest absolute Gasteiger partial charge is 0.360 e. The third kappa shape index (κ3) is 4.13. The van der Waals surface area contributed by atoms with E-state index in [1.165, 1.54) is 0 Å². The Labute approximate surface area is 195 Å². The Morgan fingerprint density at radius 3 is 2.94 bits per heavy atom. The molecule has 1 saturated carbocycles. The number of nitrogens with one attached hydrogen (secondary N) is 1. The normalized spacial score (nSPS) is 18.6. The van der Waals surface area contributed by atoms with E-state index in [1.54, 1.807) is 19.3 Å². The lowest BCUT2D eigenvalue weighted by molar-refractivity contribution is -0.120. The van der Waals surface area contributed by atoms with Crippen molar-refractivity contribution in [3.8, 4) is 0 Å². The Morgan fingerprint density at radius 2 is 2.12 bits per heavy atom. The maximum atomic E-state index is 13.6. The molecule has 1 fully saturated rings. The molecule has 0 saturated heterocycles. The average molecular weight is 465 g/mol. The fraction of sp³-hybridized carbons (Fsp3) is 0.360. The summed E-state index contributed by atoms with van der Waals surface area (Å²) in [6, 6.07) is 9.34. The molecule has 2 unspecified atom stereocenters. The number of carbonyl (C=O) groups is 1. The summed E-state index contributed by atoms with van der Waals surface area (Å²) in [5.74, 6) is 0.781. The monoisotopic (exact) mass is 464 g/mol. The molecule has 7 nitrogen and oxygen atoms in total. The standard InChI is InChI=1S/C25H25ClN4O3/c1-15-22-24(29-33-15)23-19(26)8-3-9-20(23)30(25(22)32)18-7-2-5-16(11-18)14-28-21(31)12-17-6-4-10-27-13-17/h3-4,6,8-10,13,16,18H,2,5,7,11-12,14H2,1H3,(H,28,31). The summed E-state index contributed by atoms with van der Waals surface area (Å²) < 4.78 is 7.23. The van der Waals surface area contributed by atoms with E-state index < -0.39 is 0 Å². The molecule has 0 bridgehead atoms. The number of benzene rings is 1. The smallest absolute Gasteiger partial charge is 0.264 e. The molecule has 1 amide bonds. The molecule has 1 N–H and O–H groups in total. The van der Waals surface area contributed by atoms with E-state index >= 15 is 0 Å². The van der Waals surface area contributed by atoms with Gasteiger partial charge in [0.15, 0.2) is 0 Å². The van der Waals surface area contributed by atoms with Gasteiger partial charge in [-0.2, -0.15) is 0 Å². The highest BCUT2D eigenvalue weighted by atomic mass is 35.5. The molecule has 170 valence electrons. The lowest BCUT2D eigenvalue weighted by atomic mass is 9.85. The molecule has 1 aliphatic carbocycles. The van der Waals surface area contributed by atoms with Crippen molar-refractivity contribution in [2.24, 2.45) is 5.92 Å². The van der Waals surface area contributed by atoms with Gasteiger partial charge < -0.3 is 14.4 Å². The number of fused-ring (bicyclic) bond motifs is 3. The quantitative estimate of drug-likeness (QED) is 0.466. The van der Waals surface area contributed by atoms with Crippen LogP contribution in [0.1, 0.15) is 43.0 Å². The predicted octanol–water partition coefficient (Wildman–Crippen LogP) is 4.59. The van der Waals surface area contributed by atoms with E-state index in [-0.39, 0.29) is 17.5 Å². The minimum atomic E-state index is -0.0928. The van der Waals surface area contributed by atoms with Crippen molar-refractivity contribution in [2.75, 3.05) is 6.54 Å². The van der Waals surface area contributed by atoms with E-state index in [0.717, 1.165) is 42.1 Å². The number of aryl methyl sites for hydroxylation is 1. The first-order valence-corrected chi connectivity index (χ1v) is 11.6. The highest BCUT2D eigenvalue weighted by molar-refractivity contribution is 6.37. The first kappa shape index (κ1) is 21.6. The van der Waals surface area contributed by atoms with Crippen molar-refractivity contribution in [1.29, 1.82) is 0 Å². The molecular formula is C25H25ClN4O3. The van der Waals surface area contributed by atoms with Crippen LogP contribution in [0, 0.1) is 12.8 Å². The Balaban J connectivity index is 1.40. The van der Waals surface area contributed by atoms with Crippen LogP contribution < -0.4 is 10.9 Å². The van der Waals surface area contributed by atoms with Crippen LogP contribution >= 0.6 is 11.6 Å². The van der Waals surface area contributed by atoms with Crippen LogP contribution in [-0.2, 0) is 11.2 Å². The second kappa shape index (κ2) is 8.98. The Kier molecular flexibility index (Phi) is 5.89. The van der Waals surface area contributed by atoms with Gasteiger partial charge in [-0.25, -0.2) is 0 Å². The molecular weight excluding hydrogens is 440 g/mol. The molecule has 3 aromatic heterocycles. The molecule has 8 heteroatoms. The molecule has 1 aliphatic rings. The third-order valence-corrected chi connectivity index (χ3v) is 6.89. The lowest BCUT2D eigenvalue weighted by Crippen LogP contribution is -2.35. The number of carbonyl (C=O) groups excluding carboxylic acids is 1. The van der Waals surface area contributed by atoms with Crippen LogP contribution in [0.2, 0.25) is 5.02 Å². The number of pyridine rings is 2. The van der Waals surface area contributed by atoms with Crippen LogP contribution in [0.4, 0.5) is 0 Å².